The summed E-state index contributed by atoms with van der Waals surface area (Å²) in [6.45, 7) is 11.6. The van der Waals surface area contributed by atoms with Crippen LogP contribution in [0.4, 0.5) is 5.82 Å². The first-order valence-electron chi connectivity index (χ1n) is 11.6. The second-order valence-corrected chi connectivity index (χ2v) is 8.11. The Morgan fingerprint density at radius 1 is 1.16 bits per heavy atom. The van der Waals surface area contributed by atoms with Crippen molar-refractivity contribution in [3.8, 4) is 0 Å². The van der Waals surface area contributed by atoms with Crippen LogP contribution >= 0.6 is 0 Å². The summed E-state index contributed by atoms with van der Waals surface area (Å²) in [6, 6.07) is 5.91. The van der Waals surface area contributed by atoms with E-state index in [4.69, 9.17) is 4.99 Å². The van der Waals surface area contributed by atoms with Gasteiger partial charge in [-0.1, -0.05) is 19.9 Å². The molecule has 1 aromatic rings. The van der Waals surface area contributed by atoms with Gasteiger partial charge in [0, 0.05) is 65.0 Å². The highest BCUT2D eigenvalue weighted by Crippen LogP contribution is 2.30. The first kappa shape index (κ1) is 24.9. The Balaban J connectivity index is 1.79. The zero-order valence-electron chi connectivity index (χ0n) is 19.4. The Labute approximate surface area is 187 Å². The lowest BCUT2D eigenvalue weighted by atomic mass is 9.79. The molecule has 8 heteroatoms. The quantitative estimate of drug-likeness (QED) is 0.365. The zero-order chi connectivity index (χ0) is 22.5. The van der Waals surface area contributed by atoms with Gasteiger partial charge in [0.1, 0.15) is 5.82 Å². The number of aromatic nitrogens is 1. The Kier molecular flexibility index (Phi) is 10.6. The van der Waals surface area contributed by atoms with Crippen molar-refractivity contribution in [2.45, 2.75) is 46.5 Å². The molecule has 0 spiro atoms. The van der Waals surface area contributed by atoms with E-state index in [0.717, 1.165) is 63.8 Å². The van der Waals surface area contributed by atoms with Crippen LogP contribution in [-0.4, -0.2) is 79.3 Å². The molecule has 0 aromatic carbocycles. The molecule has 8 nitrogen and oxygen atoms in total. The monoisotopic (exact) mass is 432 g/mol. The van der Waals surface area contributed by atoms with E-state index in [-0.39, 0.29) is 17.9 Å². The van der Waals surface area contributed by atoms with Gasteiger partial charge in [0.25, 0.3) is 0 Å². The van der Waals surface area contributed by atoms with Crippen LogP contribution in [0.1, 0.15) is 46.5 Å². The van der Waals surface area contributed by atoms with Crippen LogP contribution in [0.5, 0.6) is 0 Å². The maximum Gasteiger partial charge on any atom is 0.224 e. The molecule has 2 rings (SSSR count). The lowest BCUT2D eigenvalue weighted by Gasteiger charge is -2.35. The second-order valence-electron chi connectivity index (χ2n) is 8.11. The van der Waals surface area contributed by atoms with E-state index in [9.17, 15) is 9.90 Å². The molecule has 1 amide bonds. The standard InChI is InChI=1S/C23H40N6O2/c1-4-23(5-2,11-18-30)19-27-22(24-6-3)26-13-10-21(31)29-16-14-28(15-17-29)20-9-7-8-12-25-20/h7-9,12,30H,4-6,10-11,13-19H2,1-3H3,(H2,24,26,27). The second kappa shape index (κ2) is 13.1. The van der Waals surface area contributed by atoms with Gasteiger partial charge >= 0.3 is 0 Å². The number of hydrogen-bond donors (Lipinski definition) is 3. The van der Waals surface area contributed by atoms with E-state index in [1.807, 2.05) is 30.0 Å². The normalized spacial score (nSPS) is 15.2. The highest BCUT2D eigenvalue weighted by molar-refractivity contribution is 5.81. The number of hydrogen-bond acceptors (Lipinski definition) is 5. The number of pyridine rings is 1. The van der Waals surface area contributed by atoms with Crippen molar-refractivity contribution in [1.82, 2.24) is 20.5 Å². The zero-order valence-corrected chi connectivity index (χ0v) is 19.4. The van der Waals surface area contributed by atoms with Crippen molar-refractivity contribution in [3.05, 3.63) is 24.4 Å². The molecule has 1 aliphatic heterocycles. The number of rotatable bonds is 11. The summed E-state index contributed by atoms with van der Waals surface area (Å²) in [5.41, 5.74) is 0.0280. The summed E-state index contributed by atoms with van der Waals surface area (Å²) >= 11 is 0. The highest BCUT2D eigenvalue weighted by atomic mass is 16.3. The van der Waals surface area contributed by atoms with Gasteiger partial charge in [-0.05, 0) is 43.7 Å². The first-order valence-corrected chi connectivity index (χ1v) is 11.6. The third-order valence-corrected chi connectivity index (χ3v) is 6.30. The number of amides is 1. The number of piperazine rings is 1. The maximum absolute atomic E-state index is 12.6. The Morgan fingerprint density at radius 3 is 2.48 bits per heavy atom. The Hall–Kier alpha value is -2.35. The number of carbonyl (C=O) groups excluding carboxylic acids is 1. The summed E-state index contributed by atoms with van der Waals surface area (Å²) in [6.07, 6.45) is 4.96. The van der Waals surface area contributed by atoms with Crippen molar-refractivity contribution in [1.29, 1.82) is 0 Å². The van der Waals surface area contributed by atoms with Gasteiger partial charge in [0.05, 0.1) is 0 Å². The van der Waals surface area contributed by atoms with Gasteiger partial charge in [-0.25, -0.2) is 4.98 Å². The van der Waals surface area contributed by atoms with Crippen LogP contribution in [0.3, 0.4) is 0 Å². The minimum absolute atomic E-state index is 0.0280. The fraction of sp³-hybridized carbons (Fsp3) is 0.696. The van der Waals surface area contributed by atoms with E-state index >= 15 is 0 Å². The molecule has 0 unspecified atom stereocenters. The van der Waals surface area contributed by atoms with Crippen LogP contribution in [0.2, 0.25) is 0 Å². The van der Waals surface area contributed by atoms with Gasteiger partial charge in [0.2, 0.25) is 5.91 Å². The maximum atomic E-state index is 12.6. The lowest BCUT2D eigenvalue weighted by molar-refractivity contribution is -0.131. The third kappa shape index (κ3) is 7.69. The summed E-state index contributed by atoms with van der Waals surface area (Å²) in [4.78, 5) is 25.9. The molecule has 0 bridgehead atoms. The predicted molar refractivity (Wildman–Crippen MR) is 126 cm³/mol. The number of aliphatic hydroxyl groups is 1. The van der Waals surface area contributed by atoms with Crippen molar-refractivity contribution < 1.29 is 9.90 Å². The highest BCUT2D eigenvalue weighted by Gasteiger charge is 2.25. The van der Waals surface area contributed by atoms with Crippen LogP contribution in [0, 0.1) is 5.41 Å². The number of nitrogens with one attached hydrogen (secondary N) is 2. The molecule has 0 aliphatic carbocycles. The number of aliphatic hydroxyl groups excluding tert-OH is 1. The lowest BCUT2D eigenvalue weighted by Crippen LogP contribution is -2.49. The molecule has 2 heterocycles. The number of carbonyl (C=O) groups is 1. The molecule has 0 saturated carbocycles. The third-order valence-electron chi connectivity index (χ3n) is 6.30. The molecule has 1 saturated heterocycles. The molecular formula is C23H40N6O2. The van der Waals surface area contributed by atoms with Crippen molar-refractivity contribution >= 4 is 17.7 Å². The minimum atomic E-state index is 0.0280. The summed E-state index contributed by atoms with van der Waals surface area (Å²) in [7, 11) is 0. The Bertz CT molecular complexity index is 670. The van der Waals surface area contributed by atoms with E-state index in [1.54, 1.807) is 6.20 Å². The van der Waals surface area contributed by atoms with Crippen LogP contribution in [0.25, 0.3) is 0 Å². The van der Waals surface area contributed by atoms with Crippen LogP contribution in [-0.2, 0) is 4.79 Å². The van der Waals surface area contributed by atoms with Crippen molar-refractivity contribution in [2.75, 3.05) is 57.3 Å². The molecule has 174 valence electrons. The minimum Gasteiger partial charge on any atom is -0.396 e. The summed E-state index contributed by atoms with van der Waals surface area (Å²) in [5.74, 6) is 1.87. The smallest absolute Gasteiger partial charge is 0.224 e. The van der Waals surface area contributed by atoms with Crippen molar-refractivity contribution in [2.24, 2.45) is 10.4 Å². The number of aliphatic imine (C=N–C) groups is 1. The average Bonchev–Trinajstić information content (AvgIpc) is 2.82. The fourth-order valence-electron chi connectivity index (χ4n) is 3.90. The largest absolute Gasteiger partial charge is 0.396 e. The summed E-state index contributed by atoms with van der Waals surface area (Å²) in [5, 5.41) is 16.0. The van der Waals surface area contributed by atoms with E-state index in [0.29, 0.717) is 19.5 Å². The Morgan fingerprint density at radius 2 is 1.90 bits per heavy atom. The van der Waals surface area contributed by atoms with E-state index in [1.165, 1.54) is 0 Å². The molecule has 1 aliphatic rings. The molecule has 3 N–H and O–H groups in total. The molecule has 0 radical (unpaired) electrons. The number of anilines is 1. The molecule has 31 heavy (non-hydrogen) atoms. The molecule has 1 aromatic heterocycles. The molecule has 0 atom stereocenters. The van der Waals surface area contributed by atoms with Gasteiger partial charge in [-0.3, -0.25) is 9.79 Å². The fourth-order valence-corrected chi connectivity index (χ4v) is 3.90. The van der Waals surface area contributed by atoms with Crippen LogP contribution < -0.4 is 15.5 Å². The topological polar surface area (TPSA) is 93.1 Å². The number of guanidine groups is 1. The van der Waals surface area contributed by atoms with E-state index in [2.05, 4.69) is 34.4 Å². The van der Waals surface area contributed by atoms with Gasteiger partial charge in [-0.15, -0.1) is 0 Å². The first-order chi connectivity index (χ1) is 15.1. The molecular weight excluding hydrogens is 392 g/mol. The van der Waals surface area contributed by atoms with E-state index < -0.39 is 0 Å². The van der Waals surface area contributed by atoms with Crippen molar-refractivity contribution in [3.63, 3.8) is 0 Å². The van der Waals surface area contributed by atoms with Crippen LogP contribution in [0.15, 0.2) is 29.4 Å². The van der Waals surface area contributed by atoms with Gasteiger partial charge < -0.3 is 25.5 Å². The average molecular weight is 433 g/mol. The van der Waals surface area contributed by atoms with Gasteiger partial charge in [-0.2, -0.15) is 0 Å². The molecule has 1 fully saturated rings. The predicted octanol–water partition coefficient (Wildman–Crippen LogP) is 1.86. The number of nitrogens with zero attached hydrogens (tertiary/aromatic N) is 4. The van der Waals surface area contributed by atoms with Gasteiger partial charge in [0.15, 0.2) is 5.96 Å². The summed E-state index contributed by atoms with van der Waals surface area (Å²) < 4.78 is 0. The SMILES string of the molecule is CCNC(=NCC(CC)(CC)CCO)NCCC(=O)N1CCN(c2ccccn2)CC1.